The van der Waals surface area contributed by atoms with Crippen molar-refractivity contribution in [2.45, 2.75) is 50.1 Å². The van der Waals surface area contributed by atoms with Crippen LogP contribution in [0.2, 0.25) is 0 Å². The topological polar surface area (TPSA) is 92.4 Å². The highest BCUT2D eigenvalue weighted by Crippen LogP contribution is 2.28. The Balaban J connectivity index is 2.13. The molecule has 0 saturated heterocycles. The maximum absolute atomic E-state index is 12.3. The van der Waals surface area contributed by atoms with Crippen molar-refractivity contribution in [3.05, 3.63) is 35.9 Å². The lowest BCUT2D eigenvalue weighted by Gasteiger charge is -2.30. The van der Waals surface area contributed by atoms with Gasteiger partial charge in [0.25, 0.3) is 0 Å². The van der Waals surface area contributed by atoms with Gasteiger partial charge < -0.3 is 16.2 Å². The molecule has 0 spiro atoms. The summed E-state index contributed by atoms with van der Waals surface area (Å²) >= 11 is 0. The van der Waals surface area contributed by atoms with Crippen molar-refractivity contribution in [3.8, 4) is 0 Å². The number of aliphatic carboxylic acids is 1. The van der Waals surface area contributed by atoms with Crippen LogP contribution in [0.15, 0.2) is 30.3 Å². The van der Waals surface area contributed by atoms with E-state index in [9.17, 15) is 14.7 Å². The molecule has 1 aromatic rings. The van der Waals surface area contributed by atoms with E-state index >= 15 is 0 Å². The van der Waals surface area contributed by atoms with Crippen LogP contribution >= 0.6 is 0 Å². The maximum atomic E-state index is 12.3. The van der Waals surface area contributed by atoms with E-state index in [4.69, 9.17) is 5.73 Å². The van der Waals surface area contributed by atoms with Gasteiger partial charge in [0.05, 0.1) is 0 Å². The third-order valence-corrected chi connectivity index (χ3v) is 4.17. The molecule has 0 unspecified atom stereocenters. The Morgan fingerprint density at radius 3 is 2.19 bits per heavy atom. The summed E-state index contributed by atoms with van der Waals surface area (Å²) in [5.41, 5.74) is 5.47. The summed E-state index contributed by atoms with van der Waals surface area (Å²) in [6, 6.07) is 8.15. The zero-order valence-electron chi connectivity index (χ0n) is 12.0. The van der Waals surface area contributed by atoms with Gasteiger partial charge in [0, 0.05) is 0 Å². The molecule has 1 amide bonds. The van der Waals surface area contributed by atoms with Crippen LogP contribution in [0.3, 0.4) is 0 Å². The van der Waals surface area contributed by atoms with Crippen LogP contribution in [0.1, 0.15) is 50.1 Å². The van der Waals surface area contributed by atoms with E-state index in [0.717, 1.165) is 25.7 Å². The van der Waals surface area contributed by atoms with Gasteiger partial charge in [-0.05, 0) is 18.4 Å². The van der Waals surface area contributed by atoms with Gasteiger partial charge in [-0.2, -0.15) is 0 Å². The molecule has 1 atom stereocenters. The van der Waals surface area contributed by atoms with Gasteiger partial charge in [-0.25, -0.2) is 4.79 Å². The zero-order valence-corrected chi connectivity index (χ0v) is 12.0. The summed E-state index contributed by atoms with van der Waals surface area (Å²) in [7, 11) is 0. The van der Waals surface area contributed by atoms with Crippen molar-refractivity contribution in [1.29, 1.82) is 0 Å². The highest BCUT2D eigenvalue weighted by atomic mass is 16.4. The molecule has 2 rings (SSSR count). The number of carboxylic acid groups (broad SMARTS) is 1. The first kappa shape index (κ1) is 15.5. The first-order chi connectivity index (χ1) is 10.1. The van der Waals surface area contributed by atoms with E-state index in [1.807, 2.05) is 6.07 Å². The second-order valence-electron chi connectivity index (χ2n) is 5.68. The maximum Gasteiger partial charge on any atom is 0.329 e. The number of carbonyl (C=O) groups excluding carboxylic acids is 1. The predicted octanol–water partition coefficient (Wildman–Crippen LogP) is 1.98. The molecule has 0 aromatic heterocycles. The van der Waals surface area contributed by atoms with E-state index in [-0.39, 0.29) is 0 Å². The number of carboxylic acids is 1. The SMILES string of the molecule is N[C@@H](C(=O)NC1(C(=O)O)CCCCCC1)c1ccccc1. The highest BCUT2D eigenvalue weighted by molar-refractivity contribution is 5.90. The van der Waals surface area contributed by atoms with E-state index in [1.54, 1.807) is 24.3 Å². The van der Waals surface area contributed by atoms with Crippen molar-refractivity contribution < 1.29 is 14.7 Å². The third kappa shape index (κ3) is 3.61. The van der Waals surface area contributed by atoms with Crippen LogP contribution < -0.4 is 11.1 Å². The average molecular weight is 290 g/mol. The van der Waals surface area contributed by atoms with Crippen molar-refractivity contribution in [2.75, 3.05) is 0 Å². The van der Waals surface area contributed by atoms with Gasteiger partial charge in [0.2, 0.25) is 5.91 Å². The molecule has 0 bridgehead atoms. The average Bonchev–Trinajstić information content (AvgIpc) is 2.74. The van der Waals surface area contributed by atoms with Gasteiger partial charge in [0.1, 0.15) is 11.6 Å². The fraction of sp³-hybridized carbons (Fsp3) is 0.500. The quantitative estimate of drug-likeness (QED) is 0.739. The van der Waals surface area contributed by atoms with Gasteiger partial charge in [-0.3, -0.25) is 4.79 Å². The zero-order chi connectivity index (χ0) is 15.3. The highest BCUT2D eigenvalue weighted by Gasteiger charge is 2.40. The molecule has 1 fully saturated rings. The second-order valence-corrected chi connectivity index (χ2v) is 5.68. The Morgan fingerprint density at radius 1 is 1.10 bits per heavy atom. The van der Waals surface area contributed by atoms with Crippen LogP contribution in [0.4, 0.5) is 0 Å². The van der Waals surface area contributed by atoms with Gasteiger partial charge in [-0.1, -0.05) is 56.0 Å². The molecule has 4 N–H and O–H groups in total. The summed E-state index contributed by atoms with van der Waals surface area (Å²) in [6.45, 7) is 0. The Morgan fingerprint density at radius 2 is 1.67 bits per heavy atom. The molecule has 1 saturated carbocycles. The van der Waals surface area contributed by atoms with Gasteiger partial charge >= 0.3 is 5.97 Å². The van der Waals surface area contributed by atoms with E-state index in [2.05, 4.69) is 5.32 Å². The first-order valence-corrected chi connectivity index (χ1v) is 7.41. The molecule has 1 aromatic carbocycles. The molecule has 1 aliphatic carbocycles. The van der Waals surface area contributed by atoms with Crippen LogP contribution in [0.25, 0.3) is 0 Å². The number of carbonyl (C=O) groups is 2. The number of hydrogen-bond donors (Lipinski definition) is 3. The number of rotatable bonds is 4. The molecule has 1 aliphatic rings. The van der Waals surface area contributed by atoms with Gasteiger partial charge in [0.15, 0.2) is 0 Å². The Hall–Kier alpha value is -1.88. The van der Waals surface area contributed by atoms with E-state index in [0.29, 0.717) is 18.4 Å². The summed E-state index contributed by atoms with van der Waals surface area (Å²) < 4.78 is 0. The molecule has 0 radical (unpaired) electrons. The monoisotopic (exact) mass is 290 g/mol. The molecule has 0 aliphatic heterocycles. The number of nitrogens with two attached hydrogens (primary N) is 1. The van der Waals surface area contributed by atoms with Crippen molar-refractivity contribution >= 4 is 11.9 Å². The fourth-order valence-corrected chi connectivity index (χ4v) is 2.85. The third-order valence-electron chi connectivity index (χ3n) is 4.17. The van der Waals surface area contributed by atoms with Crippen molar-refractivity contribution in [3.63, 3.8) is 0 Å². The lowest BCUT2D eigenvalue weighted by atomic mass is 9.89. The minimum atomic E-state index is -1.17. The standard InChI is InChI=1S/C16H22N2O3/c17-13(12-8-4-3-5-9-12)14(19)18-16(15(20)21)10-6-1-2-7-11-16/h3-5,8-9,13H,1-2,6-7,10-11,17H2,(H,18,19)(H,20,21)/t13-/m1/s1. The summed E-state index contributed by atoms with van der Waals surface area (Å²) in [6.07, 6.45) is 4.58. The minimum Gasteiger partial charge on any atom is -0.480 e. The summed E-state index contributed by atoms with van der Waals surface area (Å²) in [5.74, 6) is -1.39. The van der Waals surface area contributed by atoms with Crippen molar-refractivity contribution in [1.82, 2.24) is 5.32 Å². The molecule has 21 heavy (non-hydrogen) atoms. The Labute approximate surface area is 124 Å². The van der Waals surface area contributed by atoms with Crippen LogP contribution in [-0.4, -0.2) is 22.5 Å². The first-order valence-electron chi connectivity index (χ1n) is 7.41. The second kappa shape index (κ2) is 6.72. The van der Waals surface area contributed by atoms with Crippen LogP contribution in [0.5, 0.6) is 0 Å². The normalized spacial score (nSPS) is 19.3. The van der Waals surface area contributed by atoms with Crippen molar-refractivity contribution in [2.24, 2.45) is 5.73 Å². The molecular weight excluding hydrogens is 268 g/mol. The number of benzene rings is 1. The summed E-state index contributed by atoms with van der Waals surface area (Å²) in [4.78, 5) is 24.0. The lowest BCUT2D eigenvalue weighted by molar-refractivity contribution is -0.148. The van der Waals surface area contributed by atoms with Crippen LogP contribution in [0, 0.1) is 0 Å². The Kier molecular flexibility index (Phi) is 4.96. The van der Waals surface area contributed by atoms with Gasteiger partial charge in [-0.15, -0.1) is 0 Å². The fourth-order valence-electron chi connectivity index (χ4n) is 2.85. The Bertz CT molecular complexity index is 494. The predicted molar refractivity (Wildman–Crippen MR) is 79.6 cm³/mol. The minimum absolute atomic E-state index is 0.425. The smallest absolute Gasteiger partial charge is 0.329 e. The largest absolute Gasteiger partial charge is 0.480 e. The van der Waals surface area contributed by atoms with E-state index in [1.165, 1.54) is 0 Å². The van der Waals surface area contributed by atoms with E-state index < -0.39 is 23.5 Å². The van der Waals surface area contributed by atoms with Crippen LogP contribution in [-0.2, 0) is 9.59 Å². The number of nitrogens with one attached hydrogen (secondary N) is 1. The molecule has 5 nitrogen and oxygen atoms in total. The molecule has 0 heterocycles. The molecule has 5 heteroatoms. The number of amides is 1. The molecule has 114 valence electrons. The summed E-state index contributed by atoms with van der Waals surface area (Å²) in [5, 5.41) is 12.3. The molecular formula is C16H22N2O3. The number of hydrogen-bond acceptors (Lipinski definition) is 3. The lowest BCUT2D eigenvalue weighted by Crippen LogP contribution is -2.56.